The molecular weight excluding hydrogens is 376 g/mol. The van der Waals surface area contributed by atoms with Crippen LogP contribution in [-0.4, -0.2) is 33.9 Å². The Labute approximate surface area is 174 Å². The van der Waals surface area contributed by atoms with E-state index >= 15 is 0 Å². The molecule has 150 valence electrons. The minimum absolute atomic E-state index is 0.000644. The van der Waals surface area contributed by atoms with Gasteiger partial charge >= 0.3 is 0 Å². The van der Waals surface area contributed by atoms with E-state index in [0.29, 0.717) is 31.8 Å². The summed E-state index contributed by atoms with van der Waals surface area (Å²) in [5, 5.41) is 0. The lowest BCUT2D eigenvalue weighted by atomic mass is 10.0. The number of hydrogen-bond donors (Lipinski definition) is 2. The molecule has 1 aliphatic rings. The molecule has 5 rings (SSSR count). The molecule has 0 unspecified atom stereocenters. The molecule has 0 atom stereocenters. The summed E-state index contributed by atoms with van der Waals surface area (Å²) in [6, 6.07) is 19.8. The van der Waals surface area contributed by atoms with Crippen LogP contribution in [0.15, 0.2) is 67.0 Å². The van der Waals surface area contributed by atoms with E-state index in [4.69, 9.17) is 10.5 Å². The number of benzene rings is 3. The van der Waals surface area contributed by atoms with Gasteiger partial charge in [-0.15, -0.1) is 0 Å². The summed E-state index contributed by atoms with van der Waals surface area (Å²) in [6.45, 7) is 1.99. The van der Waals surface area contributed by atoms with Crippen molar-refractivity contribution in [2.24, 2.45) is 5.73 Å². The van der Waals surface area contributed by atoms with Crippen LogP contribution in [0.2, 0.25) is 0 Å². The molecule has 2 heterocycles. The Morgan fingerprint density at radius 2 is 1.87 bits per heavy atom. The van der Waals surface area contributed by atoms with E-state index in [1.54, 1.807) is 6.33 Å². The van der Waals surface area contributed by atoms with Crippen molar-refractivity contribution in [3.05, 3.63) is 83.7 Å². The molecule has 3 aromatic carbocycles. The molecule has 0 radical (unpaired) electrons. The Kier molecular flexibility index (Phi) is 4.69. The van der Waals surface area contributed by atoms with E-state index in [1.807, 2.05) is 41.3 Å². The number of ether oxygens (including phenoxy) is 1. The summed E-state index contributed by atoms with van der Waals surface area (Å²) < 4.78 is 5.92. The Hall–Kier alpha value is -3.64. The van der Waals surface area contributed by atoms with Crippen LogP contribution in [0.3, 0.4) is 0 Å². The Morgan fingerprint density at radius 1 is 1.07 bits per heavy atom. The van der Waals surface area contributed by atoms with Crippen LogP contribution in [0.4, 0.5) is 0 Å². The highest BCUT2D eigenvalue weighted by Crippen LogP contribution is 2.30. The second-order valence-electron chi connectivity index (χ2n) is 7.43. The number of nitrogens with zero attached hydrogens (tertiary/aromatic N) is 2. The highest BCUT2D eigenvalue weighted by atomic mass is 16.5. The molecule has 0 spiro atoms. The van der Waals surface area contributed by atoms with Crippen molar-refractivity contribution in [1.82, 2.24) is 14.9 Å². The third-order valence-corrected chi connectivity index (χ3v) is 5.52. The molecule has 6 heteroatoms. The zero-order chi connectivity index (χ0) is 20.5. The minimum Gasteiger partial charge on any atom is -0.491 e. The van der Waals surface area contributed by atoms with Crippen LogP contribution in [0.1, 0.15) is 21.5 Å². The maximum atomic E-state index is 13.1. The highest BCUT2D eigenvalue weighted by Gasteiger charge is 2.21. The van der Waals surface area contributed by atoms with E-state index in [9.17, 15) is 4.79 Å². The van der Waals surface area contributed by atoms with Crippen molar-refractivity contribution in [3.8, 4) is 16.9 Å². The first-order valence-electron chi connectivity index (χ1n) is 9.99. The fourth-order valence-corrected chi connectivity index (χ4v) is 3.83. The Bertz CT molecular complexity index is 1210. The van der Waals surface area contributed by atoms with E-state index < -0.39 is 0 Å². The van der Waals surface area contributed by atoms with Gasteiger partial charge in [-0.2, -0.15) is 0 Å². The van der Waals surface area contributed by atoms with Gasteiger partial charge in [-0.3, -0.25) is 4.79 Å². The number of nitrogens with one attached hydrogen (secondary N) is 1. The summed E-state index contributed by atoms with van der Waals surface area (Å²) in [5.41, 5.74) is 12.4. The maximum Gasteiger partial charge on any atom is 0.254 e. The van der Waals surface area contributed by atoms with Gasteiger partial charge in [0, 0.05) is 24.2 Å². The summed E-state index contributed by atoms with van der Waals surface area (Å²) in [7, 11) is 0. The van der Waals surface area contributed by atoms with Gasteiger partial charge in [0.05, 0.1) is 23.9 Å². The summed E-state index contributed by atoms with van der Waals surface area (Å²) in [4.78, 5) is 22.3. The predicted octanol–water partition coefficient (Wildman–Crippen LogP) is 3.72. The van der Waals surface area contributed by atoms with Gasteiger partial charge in [-0.1, -0.05) is 24.3 Å². The van der Waals surface area contributed by atoms with Crippen molar-refractivity contribution in [1.29, 1.82) is 0 Å². The number of nitrogens with two attached hydrogens (primary N) is 1. The minimum atomic E-state index is -0.000644. The van der Waals surface area contributed by atoms with Crippen LogP contribution >= 0.6 is 0 Å². The van der Waals surface area contributed by atoms with E-state index in [0.717, 1.165) is 39.0 Å². The molecule has 30 heavy (non-hydrogen) atoms. The number of H-pyrrole nitrogens is 1. The number of hydrogen-bond acceptors (Lipinski definition) is 4. The molecule has 6 nitrogen and oxygen atoms in total. The maximum absolute atomic E-state index is 13.1. The van der Waals surface area contributed by atoms with Crippen LogP contribution in [-0.2, 0) is 13.1 Å². The van der Waals surface area contributed by atoms with Crippen molar-refractivity contribution in [3.63, 3.8) is 0 Å². The SMILES string of the molecule is NCc1ccc(C(=O)N2CCOc3ccc(-c4ccc5nc[nH]c5c4)cc3C2)cc1. The smallest absolute Gasteiger partial charge is 0.254 e. The lowest BCUT2D eigenvalue weighted by molar-refractivity contribution is 0.0733. The van der Waals surface area contributed by atoms with Crippen molar-refractivity contribution >= 4 is 16.9 Å². The second kappa shape index (κ2) is 7.65. The number of aromatic nitrogens is 2. The van der Waals surface area contributed by atoms with Crippen molar-refractivity contribution in [2.75, 3.05) is 13.2 Å². The molecule has 4 aromatic rings. The Balaban J connectivity index is 1.44. The molecule has 0 saturated carbocycles. The standard InChI is InChI=1S/C24H22N4O2/c25-13-16-1-3-17(4-2-16)24(29)28-9-10-30-23-8-6-18(11-20(23)14-28)19-5-7-21-22(12-19)27-15-26-21/h1-8,11-12,15H,9-10,13-14,25H2,(H,26,27). The molecule has 1 aliphatic heterocycles. The lowest BCUT2D eigenvalue weighted by Gasteiger charge is -2.20. The first-order valence-corrected chi connectivity index (χ1v) is 9.99. The van der Waals surface area contributed by atoms with E-state index in [-0.39, 0.29) is 5.91 Å². The predicted molar refractivity (Wildman–Crippen MR) is 116 cm³/mol. The number of fused-ring (bicyclic) bond motifs is 2. The third kappa shape index (κ3) is 3.42. The van der Waals surface area contributed by atoms with Gasteiger partial charge in [0.25, 0.3) is 5.91 Å². The Morgan fingerprint density at radius 3 is 2.70 bits per heavy atom. The number of carbonyl (C=O) groups excluding carboxylic acids is 1. The largest absolute Gasteiger partial charge is 0.491 e. The monoisotopic (exact) mass is 398 g/mol. The fourth-order valence-electron chi connectivity index (χ4n) is 3.83. The molecule has 3 N–H and O–H groups in total. The highest BCUT2D eigenvalue weighted by molar-refractivity contribution is 5.94. The normalized spacial score (nSPS) is 13.6. The summed E-state index contributed by atoms with van der Waals surface area (Å²) >= 11 is 0. The number of carbonyl (C=O) groups is 1. The van der Waals surface area contributed by atoms with Gasteiger partial charge < -0.3 is 20.4 Å². The van der Waals surface area contributed by atoms with Crippen LogP contribution in [0.25, 0.3) is 22.2 Å². The fraction of sp³-hybridized carbons (Fsp3) is 0.167. The number of amides is 1. The van der Waals surface area contributed by atoms with Crippen molar-refractivity contribution < 1.29 is 9.53 Å². The molecule has 0 bridgehead atoms. The van der Waals surface area contributed by atoms with Gasteiger partial charge in [-0.05, 0) is 53.1 Å². The van der Waals surface area contributed by atoms with Crippen molar-refractivity contribution in [2.45, 2.75) is 13.1 Å². The van der Waals surface area contributed by atoms with Gasteiger partial charge in [0.2, 0.25) is 0 Å². The number of rotatable bonds is 3. The molecule has 1 amide bonds. The molecule has 0 saturated heterocycles. The van der Waals surface area contributed by atoms with Gasteiger partial charge in [-0.25, -0.2) is 4.98 Å². The zero-order valence-electron chi connectivity index (χ0n) is 16.5. The summed E-state index contributed by atoms with van der Waals surface area (Å²) in [5.74, 6) is 0.828. The number of imidazole rings is 1. The first kappa shape index (κ1) is 18.4. The summed E-state index contributed by atoms with van der Waals surface area (Å²) in [6.07, 6.45) is 1.70. The first-order chi connectivity index (χ1) is 14.7. The van der Waals surface area contributed by atoms with E-state index in [2.05, 4.69) is 34.2 Å². The quantitative estimate of drug-likeness (QED) is 0.551. The number of aromatic amines is 1. The molecule has 1 aromatic heterocycles. The third-order valence-electron chi connectivity index (χ3n) is 5.52. The van der Waals surface area contributed by atoms with Crippen LogP contribution in [0, 0.1) is 0 Å². The topological polar surface area (TPSA) is 84.2 Å². The van der Waals surface area contributed by atoms with Crippen LogP contribution < -0.4 is 10.5 Å². The molecule has 0 fully saturated rings. The van der Waals surface area contributed by atoms with Gasteiger partial charge in [0.1, 0.15) is 12.4 Å². The van der Waals surface area contributed by atoms with Gasteiger partial charge in [0.15, 0.2) is 0 Å². The average molecular weight is 398 g/mol. The lowest BCUT2D eigenvalue weighted by Crippen LogP contribution is -2.32. The average Bonchev–Trinajstić information content (AvgIpc) is 3.16. The molecule has 0 aliphatic carbocycles. The second-order valence-corrected chi connectivity index (χ2v) is 7.43. The molecular formula is C24H22N4O2. The van der Waals surface area contributed by atoms with E-state index in [1.165, 1.54) is 0 Å². The van der Waals surface area contributed by atoms with Crippen LogP contribution in [0.5, 0.6) is 5.75 Å². The zero-order valence-corrected chi connectivity index (χ0v) is 16.5.